The zero-order valence-corrected chi connectivity index (χ0v) is 17.0. The first-order valence-electron chi connectivity index (χ1n) is 9.43. The summed E-state index contributed by atoms with van der Waals surface area (Å²) in [5, 5.41) is 10.3. The van der Waals surface area contributed by atoms with E-state index in [4.69, 9.17) is 23.6 Å². The van der Waals surface area contributed by atoms with Crippen LogP contribution in [0.25, 0.3) is 11.3 Å². The first-order chi connectivity index (χ1) is 14.6. The number of hydrogen-bond acceptors (Lipinski definition) is 8. The summed E-state index contributed by atoms with van der Waals surface area (Å²) in [7, 11) is 1.58. The molecule has 0 fully saturated rings. The summed E-state index contributed by atoms with van der Waals surface area (Å²) in [6.07, 6.45) is 0. The Labute approximate surface area is 173 Å². The summed E-state index contributed by atoms with van der Waals surface area (Å²) in [5.74, 6) is 2.21. The van der Waals surface area contributed by atoms with E-state index in [1.807, 2.05) is 13.8 Å². The molecule has 3 rings (SSSR count). The van der Waals surface area contributed by atoms with Crippen LogP contribution in [0.15, 0.2) is 47.1 Å². The summed E-state index contributed by atoms with van der Waals surface area (Å²) in [6.45, 7) is 4.57. The number of carbonyl (C=O) groups excluding carboxylic acids is 1. The third-order valence-electron chi connectivity index (χ3n) is 3.99. The molecule has 0 bridgehead atoms. The molecule has 0 aliphatic rings. The van der Waals surface area contributed by atoms with E-state index in [0.29, 0.717) is 47.5 Å². The van der Waals surface area contributed by atoms with Crippen LogP contribution in [0, 0.1) is 0 Å². The summed E-state index contributed by atoms with van der Waals surface area (Å²) in [4.78, 5) is 12.3. The molecule has 2 aromatic carbocycles. The predicted octanol–water partition coefficient (Wildman–Crippen LogP) is 3.56. The van der Waals surface area contributed by atoms with Gasteiger partial charge in [-0.15, -0.1) is 0 Å². The fourth-order valence-corrected chi connectivity index (χ4v) is 2.65. The SMILES string of the molecule is CCOc1ccc(-c2nonc2NC(=O)COc2ccc(OC)cc2)cc1OCC. The van der Waals surface area contributed by atoms with Crippen LogP contribution in [0.3, 0.4) is 0 Å². The molecule has 30 heavy (non-hydrogen) atoms. The maximum atomic E-state index is 12.3. The molecule has 0 saturated carbocycles. The average Bonchev–Trinajstić information content (AvgIpc) is 3.22. The Morgan fingerprint density at radius 1 is 0.933 bits per heavy atom. The van der Waals surface area contributed by atoms with E-state index in [2.05, 4.69) is 15.6 Å². The Hall–Kier alpha value is -3.75. The maximum absolute atomic E-state index is 12.3. The van der Waals surface area contributed by atoms with Gasteiger partial charge in [-0.25, -0.2) is 4.63 Å². The van der Waals surface area contributed by atoms with Crippen LogP contribution in [0.4, 0.5) is 5.82 Å². The van der Waals surface area contributed by atoms with E-state index < -0.39 is 5.91 Å². The summed E-state index contributed by atoms with van der Waals surface area (Å²) in [5.41, 5.74) is 1.03. The van der Waals surface area contributed by atoms with Crippen molar-refractivity contribution in [2.24, 2.45) is 0 Å². The minimum Gasteiger partial charge on any atom is -0.497 e. The highest BCUT2D eigenvalue weighted by atomic mass is 16.6. The predicted molar refractivity (Wildman–Crippen MR) is 109 cm³/mol. The van der Waals surface area contributed by atoms with E-state index >= 15 is 0 Å². The lowest BCUT2D eigenvalue weighted by Gasteiger charge is -2.12. The molecule has 0 aliphatic carbocycles. The number of nitrogens with one attached hydrogen (secondary N) is 1. The molecule has 0 aliphatic heterocycles. The van der Waals surface area contributed by atoms with Gasteiger partial charge >= 0.3 is 0 Å². The molecule has 0 atom stereocenters. The molecule has 9 nitrogen and oxygen atoms in total. The molecule has 1 heterocycles. The van der Waals surface area contributed by atoms with Gasteiger partial charge in [-0.3, -0.25) is 4.79 Å². The van der Waals surface area contributed by atoms with Crippen molar-refractivity contribution in [3.05, 3.63) is 42.5 Å². The molecule has 1 amide bonds. The van der Waals surface area contributed by atoms with Crippen molar-refractivity contribution in [3.63, 3.8) is 0 Å². The summed E-state index contributed by atoms with van der Waals surface area (Å²) < 4.78 is 26.6. The number of methoxy groups -OCH3 is 1. The van der Waals surface area contributed by atoms with Gasteiger partial charge in [0.25, 0.3) is 5.91 Å². The molecule has 0 radical (unpaired) electrons. The topological polar surface area (TPSA) is 105 Å². The van der Waals surface area contributed by atoms with Gasteiger partial charge in [0, 0.05) is 5.56 Å². The zero-order valence-electron chi connectivity index (χ0n) is 17.0. The molecule has 1 N–H and O–H groups in total. The van der Waals surface area contributed by atoms with Crippen LogP contribution < -0.4 is 24.3 Å². The van der Waals surface area contributed by atoms with Gasteiger partial charge < -0.3 is 24.3 Å². The normalized spacial score (nSPS) is 10.4. The summed E-state index contributed by atoms with van der Waals surface area (Å²) >= 11 is 0. The van der Waals surface area contributed by atoms with Crippen molar-refractivity contribution in [3.8, 4) is 34.3 Å². The van der Waals surface area contributed by atoms with Crippen molar-refractivity contribution >= 4 is 11.7 Å². The van der Waals surface area contributed by atoms with Gasteiger partial charge in [0.1, 0.15) is 11.5 Å². The van der Waals surface area contributed by atoms with Crippen molar-refractivity contribution < 1.29 is 28.4 Å². The largest absolute Gasteiger partial charge is 0.497 e. The minimum atomic E-state index is -0.404. The third kappa shape index (κ3) is 5.19. The number of aromatic nitrogens is 2. The lowest BCUT2D eigenvalue weighted by atomic mass is 10.1. The number of carbonyl (C=O) groups is 1. The highest BCUT2D eigenvalue weighted by molar-refractivity contribution is 5.94. The van der Waals surface area contributed by atoms with E-state index in [1.54, 1.807) is 49.6 Å². The molecule has 3 aromatic rings. The highest BCUT2D eigenvalue weighted by Gasteiger charge is 2.17. The Bertz CT molecular complexity index is 971. The zero-order chi connectivity index (χ0) is 21.3. The van der Waals surface area contributed by atoms with E-state index in [0.717, 1.165) is 0 Å². The van der Waals surface area contributed by atoms with Crippen LogP contribution >= 0.6 is 0 Å². The van der Waals surface area contributed by atoms with E-state index in [1.165, 1.54) is 0 Å². The van der Waals surface area contributed by atoms with E-state index in [-0.39, 0.29) is 12.4 Å². The van der Waals surface area contributed by atoms with Gasteiger partial charge in [0.2, 0.25) is 5.82 Å². The van der Waals surface area contributed by atoms with Crippen molar-refractivity contribution in [2.45, 2.75) is 13.8 Å². The van der Waals surface area contributed by atoms with Gasteiger partial charge in [-0.05, 0) is 66.6 Å². The molecular weight excluding hydrogens is 390 g/mol. The second-order valence-electron chi connectivity index (χ2n) is 6.00. The molecule has 0 unspecified atom stereocenters. The quantitative estimate of drug-likeness (QED) is 0.538. The van der Waals surface area contributed by atoms with Crippen LogP contribution in [-0.2, 0) is 4.79 Å². The van der Waals surface area contributed by atoms with Gasteiger partial charge in [0.05, 0.1) is 20.3 Å². The second kappa shape index (κ2) is 10.1. The molecule has 1 aromatic heterocycles. The highest BCUT2D eigenvalue weighted by Crippen LogP contribution is 2.34. The number of ether oxygens (including phenoxy) is 4. The van der Waals surface area contributed by atoms with Crippen LogP contribution in [0.5, 0.6) is 23.0 Å². The van der Waals surface area contributed by atoms with Crippen LogP contribution in [0.2, 0.25) is 0 Å². The Kier molecular flexibility index (Phi) is 7.09. The van der Waals surface area contributed by atoms with Crippen molar-refractivity contribution in [1.29, 1.82) is 0 Å². The van der Waals surface area contributed by atoms with E-state index in [9.17, 15) is 4.79 Å². The van der Waals surface area contributed by atoms with Crippen LogP contribution in [-0.4, -0.2) is 43.2 Å². The van der Waals surface area contributed by atoms with Crippen molar-refractivity contribution in [1.82, 2.24) is 10.3 Å². The molecule has 0 saturated heterocycles. The Morgan fingerprint density at radius 2 is 1.63 bits per heavy atom. The fraction of sp³-hybridized carbons (Fsp3) is 0.286. The number of nitrogens with zero attached hydrogens (tertiary/aromatic N) is 2. The minimum absolute atomic E-state index is 0.185. The Morgan fingerprint density at radius 3 is 2.33 bits per heavy atom. The fourth-order valence-electron chi connectivity index (χ4n) is 2.65. The standard InChI is InChI=1S/C21H23N3O6/c1-4-27-17-11-6-14(12-18(17)28-5-2)20-21(24-30-23-20)22-19(25)13-29-16-9-7-15(26-3)8-10-16/h6-12H,4-5,13H2,1-3H3,(H,22,24,25). The first-order valence-corrected chi connectivity index (χ1v) is 9.43. The molecule has 158 valence electrons. The lowest BCUT2D eigenvalue weighted by Crippen LogP contribution is -2.20. The smallest absolute Gasteiger partial charge is 0.263 e. The third-order valence-corrected chi connectivity index (χ3v) is 3.99. The molecular formula is C21H23N3O6. The monoisotopic (exact) mass is 413 g/mol. The van der Waals surface area contributed by atoms with Gasteiger partial charge in [0.15, 0.2) is 23.8 Å². The molecule has 9 heteroatoms. The second-order valence-corrected chi connectivity index (χ2v) is 6.00. The number of amides is 1. The summed E-state index contributed by atoms with van der Waals surface area (Å²) in [6, 6.07) is 12.2. The van der Waals surface area contributed by atoms with Gasteiger partial charge in [-0.1, -0.05) is 0 Å². The number of benzene rings is 2. The molecule has 0 spiro atoms. The number of rotatable bonds is 10. The van der Waals surface area contributed by atoms with Crippen molar-refractivity contribution in [2.75, 3.05) is 32.2 Å². The van der Waals surface area contributed by atoms with Crippen LogP contribution in [0.1, 0.15) is 13.8 Å². The average molecular weight is 413 g/mol. The number of anilines is 1. The van der Waals surface area contributed by atoms with Gasteiger partial charge in [-0.2, -0.15) is 0 Å². The maximum Gasteiger partial charge on any atom is 0.263 e. The lowest BCUT2D eigenvalue weighted by molar-refractivity contribution is -0.118. The first kappa shape index (κ1) is 21.0. The Balaban J connectivity index is 1.68. The number of hydrogen-bond donors (Lipinski definition) is 1.